The van der Waals surface area contributed by atoms with E-state index in [1.54, 1.807) is 12.1 Å². The zero-order valence-electron chi connectivity index (χ0n) is 16.4. The zero-order chi connectivity index (χ0) is 21.2. The average molecular weight is 416 g/mol. The molecule has 0 heterocycles. The molecule has 0 radical (unpaired) electrons. The van der Waals surface area contributed by atoms with E-state index in [2.05, 4.69) is 12.2 Å². The summed E-state index contributed by atoms with van der Waals surface area (Å²) < 4.78 is 5.19. The first-order valence-corrected chi connectivity index (χ1v) is 10.3. The van der Waals surface area contributed by atoms with E-state index < -0.39 is 17.0 Å². The van der Waals surface area contributed by atoms with Gasteiger partial charge >= 0.3 is 5.97 Å². The van der Waals surface area contributed by atoms with E-state index in [1.807, 2.05) is 30.3 Å². The van der Waals surface area contributed by atoms with E-state index in [4.69, 9.17) is 4.74 Å². The normalized spacial score (nSPS) is 12.6. The fourth-order valence-corrected chi connectivity index (χ4v) is 3.36. The number of thioether (sulfide) groups is 1. The fraction of sp³-hybridized carbons (Fsp3) is 0.333. The predicted molar refractivity (Wildman–Crippen MR) is 112 cm³/mol. The summed E-state index contributed by atoms with van der Waals surface area (Å²) in [6.45, 7) is 4.06. The summed E-state index contributed by atoms with van der Waals surface area (Å²) in [7, 11) is 0. The highest BCUT2D eigenvalue weighted by Gasteiger charge is 2.19. The second-order valence-electron chi connectivity index (χ2n) is 6.43. The predicted octanol–water partition coefficient (Wildman–Crippen LogP) is 3.93. The first-order chi connectivity index (χ1) is 13.9. The lowest BCUT2D eigenvalue weighted by Gasteiger charge is -2.18. The quantitative estimate of drug-likeness (QED) is 0.273. The Morgan fingerprint density at radius 1 is 1.14 bits per heavy atom. The molecule has 0 aromatic heterocycles. The molecule has 2 aromatic rings. The molecule has 0 aliphatic carbocycles. The lowest BCUT2D eigenvalue weighted by Crippen LogP contribution is -2.38. The van der Waals surface area contributed by atoms with Gasteiger partial charge in [-0.2, -0.15) is 0 Å². The maximum atomic E-state index is 12.2. The Labute approximate surface area is 174 Å². The molecule has 8 heteroatoms. The molecular formula is C21H24N2O5S. The zero-order valence-corrected chi connectivity index (χ0v) is 17.2. The number of nitro benzene ring substituents is 1. The van der Waals surface area contributed by atoms with Gasteiger partial charge in [0.05, 0.1) is 10.7 Å². The summed E-state index contributed by atoms with van der Waals surface area (Å²) in [6.07, 6.45) is -0.0158. The van der Waals surface area contributed by atoms with E-state index in [1.165, 1.54) is 30.8 Å². The molecule has 2 aromatic carbocycles. The Morgan fingerprint density at radius 2 is 1.79 bits per heavy atom. The van der Waals surface area contributed by atoms with Crippen molar-refractivity contribution in [3.63, 3.8) is 0 Å². The van der Waals surface area contributed by atoms with E-state index in [0.29, 0.717) is 11.4 Å². The van der Waals surface area contributed by atoms with Crippen molar-refractivity contribution in [1.29, 1.82) is 0 Å². The Hall–Kier alpha value is -2.87. The van der Waals surface area contributed by atoms with Gasteiger partial charge in [0.25, 0.3) is 11.6 Å². The second kappa shape index (κ2) is 11.2. The number of non-ortho nitro benzene ring substituents is 1. The number of carbonyl (C=O) groups is 2. The standard InChI is InChI=1S/C21H24N2O5S/c1-3-16(17-7-5-4-6-8-17)13-22-21(25)15(2)28-20(24)14-29-19-11-9-18(10-12-19)23(26)27/h4-12,15-16H,3,13-14H2,1-2H3,(H,22,25)/t15-,16-/m1/s1. The highest BCUT2D eigenvalue weighted by atomic mass is 32.2. The Morgan fingerprint density at radius 3 is 2.38 bits per heavy atom. The molecular weight excluding hydrogens is 392 g/mol. The van der Waals surface area contributed by atoms with Gasteiger partial charge in [-0.3, -0.25) is 19.7 Å². The molecule has 2 atom stereocenters. The van der Waals surface area contributed by atoms with Crippen LogP contribution in [0.4, 0.5) is 5.69 Å². The van der Waals surface area contributed by atoms with Crippen molar-refractivity contribution < 1.29 is 19.2 Å². The molecule has 0 aliphatic rings. The van der Waals surface area contributed by atoms with Gasteiger partial charge in [0.2, 0.25) is 0 Å². The fourth-order valence-electron chi connectivity index (χ4n) is 2.68. The third-order valence-corrected chi connectivity index (χ3v) is 5.35. The van der Waals surface area contributed by atoms with Crippen LogP contribution in [0.3, 0.4) is 0 Å². The van der Waals surface area contributed by atoms with Gasteiger partial charge in [-0.1, -0.05) is 37.3 Å². The summed E-state index contributed by atoms with van der Waals surface area (Å²) in [5.41, 5.74) is 1.14. The van der Waals surface area contributed by atoms with Crippen LogP contribution in [-0.4, -0.2) is 35.2 Å². The maximum Gasteiger partial charge on any atom is 0.317 e. The van der Waals surface area contributed by atoms with Gasteiger partial charge in [0, 0.05) is 29.5 Å². The molecule has 0 bridgehead atoms. The molecule has 7 nitrogen and oxygen atoms in total. The number of hydrogen-bond donors (Lipinski definition) is 1. The van der Waals surface area contributed by atoms with Crippen LogP contribution in [0.25, 0.3) is 0 Å². The minimum atomic E-state index is -0.895. The number of nitrogens with one attached hydrogen (secondary N) is 1. The lowest BCUT2D eigenvalue weighted by molar-refractivity contribution is -0.384. The van der Waals surface area contributed by atoms with Gasteiger partial charge in [0.15, 0.2) is 6.10 Å². The number of nitrogens with zero attached hydrogens (tertiary/aromatic N) is 1. The first-order valence-electron chi connectivity index (χ1n) is 9.30. The van der Waals surface area contributed by atoms with E-state index >= 15 is 0 Å². The lowest BCUT2D eigenvalue weighted by atomic mass is 9.96. The van der Waals surface area contributed by atoms with Gasteiger partial charge in [-0.15, -0.1) is 11.8 Å². The van der Waals surface area contributed by atoms with Crippen molar-refractivity contribution in [1.82, 2.24) is 5.32 Å². The highest BCUT2D eigenvalue weighted by molar-refractivity contribution is 8.00. The smallest absolute Gasteiger partial charge is 0.317 e. The van der Waals surface area contributed by atoms with Crippen LogP contribution < -0.4 is 5.32 Å². The number of rotatable bonds is 10. The van der Waals surface area contributed by atoms with Crippen LogP contribution in [0.15, 0.2) is 59.5 Å². The van der Waals surface area contributed by atoms with Crippen molar-refractivity contribution in [3.05, 3.63) is 70.3 Å². The van der Waals surface area contributed by atoms with Crippen molar-refractivity contribution >= 4 is 29.3 Å². The number of hydrogen-bond acceptors (Lipinski definition) is 6. The summed E-state index contributed by atoms with van der Waals surface area (Å²) in [5.74, 6) is -0.656. The Balaban J connectivity index is 1.76. The second-order valence-corrected chi connectivity index (χ2v) is 7.48. The van der Waals surface area contributed by atoms with Gasteiger partial charge < -0.3 is 10.1 Å². The molecule has 29 heavy (non-hydrogen) atoms. The molecule has 0 unspecified atom stereocenters. The molecule has 154 valence electrons. The highest BCUT2D eigenvalue weighted by Crippen LogP contribution is 2.21. The van der Waals surface area contributed by atoms with Gasteiger partial charge in [0.1, 0.15) is 0 Å². The number of ether oxygens (including phenoxy) is 1. The van der Waals surface area contributed by atoms with Crippen molar-refractivity contribution in [2.24, 2.45) is 0 Å². The minimum Gasteiger partial charge on any atom is -0.452 e. The average Bonchev–Trinajstić information content (AvgIpc) is 2.73. The Kier molecular flexibility index (Phi) is 8.67. The molecule has 1 N–H and O–H groups in total. The summed E-state index contributed by atoms with van der Waals surface area (Å²) >= 11 is 1.19. The van der Waals surface area contributed by atoms with Gasteiger partial charge in [-0.05, 0) is 31.0 Å². The van der Waals surface area contributed by atoms with Gasteiger partial charge in [-0.25, -0.2) is 0 Å². The number of carbonyl (C=O) groups excluding carboxylic acids is 2. The monoisotopic (exact) mass is 416 g/mol. The molecule has 0 fully saturated rings. The molecule has 2 rings (SSSR count). The van der Waals surface area contributed by atoms with Crippen LogP contribution in [-0.2, 0) is 14.3 Å². The van der Waals surface area contributed by atoms with Crippen LogP contribution in [0.1, 0.15) is 31.7 Å². The summed E-state index contributed by atoms with van der Waals surface area (Å²) in [6, 6.07) is 15.8. The first kappa shape index (κ1) is 22.4. The van der Waals surface area contributed by atoms with Crippen LogP contribution in [0.5, 0.6) is 0 Å². The van der Waals surface area contributed by atoms with Crippen molar-refractivity contribution in [2.75, 3.05) is 12.3 Å². The third-order valence-electron chi connectivity index (χ3n) is 4.37. The number of esters is 1. The minimum absolute atomic E-state index is 0.0109. The maximum absolute atomic E-state index is 12.2. The number of nitro groups is 1. The topological polar surface area (TPSA) is 98.5 Å². The van der Waals surface area contributed by atoms with Crippen molar-refractivity contribution in [2.45, 2.75) is 37.2 Å². The molecule has 0 saturated heterocycles. The van der Waals surface area contributed by atoms with Crippen molar-refractivity contribution in [3.8, 4) is 0 Å². The van der Waals surface area contributed by atoms with Crippen LogP contribution >= 0.6 is 11.8 Å². The molecule has 0 saturated carbocycles. The largest absolute Gasteiger partial charge is 0.452 e. The molecule has 0 aliphatic heterocycles. The molecule has 1 amide bonds. The van der Waals surface area contributed by atoms with E-state index in [9.17, 15) is 19.7 Å². The Bertz CT molecular complexity index is 827. The van der Waals surface area contributed by atoms with Crippen LogP contribution in [0.2, 0.25) is 0 Å². The molecule has 0 spiro atoms. The SMILES string of the molecule is CC[C@H](CNC(=O)[C@@H](C)OC(=O)CSc1ccc([N+](=O)[O-])cc1)c1ccccc1. The third kappa shape index (κ3) is 7.23. The number of benzene rings is 2. The summed E-state index contributed by atoms with van der Waals surface area (Å²) in [5, 5.41) is 13.5. The van der Waals surface area contributed by atoms with E-state index in [0.717, 1.165) is 12.0 Å². The summed E-state index contributed by atoms with van der Waals surface area (Å²) in [4.78, 5) is 35.1. The number of amides is 1. The van der Waals surface area contributed by atoms with Crippen LogP contribution in [0, 0.1) is 10.1 Å². The van der Waals surface area contributed by atoms with E-state index in [-0.39, 0.29) is 23.3 Å².